The van der Waals surface area contributed by atoms with Crippen LogP contribution < -0.4 is 0 Å². The lowest BCUT2D eigenvalue weighted by Gasteiger charge is -2.18. The number of aryl methyl sites for hydroxylation is 1. The van der Waals surface area contributed by atoms with Gasteiger partial charge in [-0.25, -0.2) is 0 Å². The van der Waals surface area contributed by atoms with Crippen LogP contribution in [0, 0.1) is 6.92 Å². The van der Waals surface area contributed by atoms with Crippen LogP contribution in [0.4, 0.5) is 0 Å². The molecule has 0 heterocycles. The summed E-state index contributed by atoms with van der Waals surface area (Å²) in [6, 6.07) is 4.92. The fourth-order valence-corrected chi connectivity index (χ4v) is 1.49. The average molecular weight is 224 g/mol. The minimum absolute atomic E-state index is 0.105. The van der Waals surface area contributed by atoms with Crippen LogP contribution in [0.15, 0.2) is 18.2 Å². The lowest BCUT2D eigenvalue weighted by atomic mass is 9.96. The molecule has 4 heteroatoms. The van der Waals surface area contributed by atoms with Gasteiger partial charge in [-0.2, -0.15) is 0 Å². The standard InChI is InChI=1S/C12H16O4/c1-7-3-4-9(8(2)14)5-10(7)12(16)11(15)6-13/h3-5,11-13,15-16H,6H2,1-2H3. The molecule has 88 valence electrons. The van der Waals surface area contributed by atoms with E-state index in [1.807, 2.05) is 0 Å². The van der Waals surface area contributed by atoms with Crippen molar-refractivity contribution < 1.29 is 20.1 Å². The minimum atomic E-state index is -1.24. The summed E-state index contributed by atoms with van der Waals surface area (Å²) in [5, 5.41) is 27.9. The Morgan fingerprint density at radius 2 is 2.00 bits per heavy atom. The van der Waals surface area contributed by atoms with Crippen molar-refractivity contribution in [2.24, 2.45) is 0 Å². The van der Waals surface area contributed by atoms with Crippen molar-refractivity contribution in [1.29, 1.82) is 0 Å². The summed E-state index contributed by atoms with van der Waals surface area (Å²) < 4.78 is 0. The van der Waals surface area contributed by atoms with Crippen LogP contribution in [0.1, 0.15) is 34.5 Å². The predicted molar refractivity (Wildman–Crippen MR) is 59.2 cm³/mol. The molecule has 0 aromatic heterocycles. The van der Waals surface area contributed by atoms with Crippen LogP contribution in [-0.4, -0.2) is 33.8 Å². The maximum absolute atomic E-state index is 11.2. The number of hydrogen-bond acceptors (Lipinski definition) is 4. The van der Waals surface area contributed by atoms with E-state index < -0.39 is 18.8 Å². The quantitative estimate of drug-likeness (QED) is 0.654. The molecule has 0 aliphatic heterocycles. The van der Waals surface area contributed by atoms with Crippen LogP contribution in [0.5, 0.6) is 0 Å². The SMILES string of the molecule is CC(=O)c1ccc(C)c(C(O)C(O)CO)c1. The number of carbonyl (C=O) groups is 1. The zero-order chi connectivity index (χ0) is 12.3. The van der Waals surface area contributed by atoms with Crippen molar-refractivity contribution >= 4 is 5.78 Å². The molecule has 0 bridgehead atoms. The maximum Gasteiger partial charge on any atom is 0.159 e. The Bertz CT molecular complexity index is 387. The number of benzene rings is 1. The summed E-state index contributed by atoms with van der Waals surface area (Å²) in [4.78, 5) is 11.2. The summed E-state index contributed by atoms with van der Waals surface area (Å²) in [6.07, 6.45) is -2.41. The Morgan fingerprint density at radius 1 is 1.38 bits per heavy atom. The maximum atomic E-state index is 11.2. The van der Waals surface area contributed by atoms with Gasteiger partial charge in [0.15, 0.2) is 5.78 Å². The molecule has 2 unspecified atom stereocenters. The van der Waals surface area contributed by atoms with E-state index in [1.165, 1.54) is 6.92 Å². The summed E-state index contributed by atoms with van der Waals surface area (Å²) in [5.41, 5.74) is 1.71. The molecule has 0 aliphatic carbocycles. The number of hydrogen-bond donors (Lipinski definition) is 3. The van der Waals surface area contributed by atoms with Crippen molar-refractivity contribution in [1.82, 2.24) is 0 Å². The summed E-state index contributed by atoms with van der Waals surface area (Å²) in [7, 11) is 0. The fraction of sp³-hybridized carbons (Fsp3) is 0.417. The molecule has 0 fully saturated rings. The van der Waals surface area contributed by atoms with Gasteiger partial charge in [0.2, 0.25) is 0 Å². The van der Waals surface area contributed by atoms with E-state index in [0.29, 0.717) is 11.1 Å². The third-order valence-corrected chi connectivity index (χ3v) is 2.56. The number of aliphatic hydroxyl groups is 3. The highest BCUT2D eigenvalue weighted by molar-refractivity contribution is 5.94. The van der Waals surface area contributed by atoms with E-state index in [0.717, 1.165) is 5.56 Å². The Balaban J connectivity index is 3.11. The van der Waals surface area contributed by atoms with E-state index in [4.69, 9.17) is 5.11 Å². The average Bonchev–Trinajstić information content (AvgIpc) is 2.27. The molecule has 1 aromatic rings. The van der Waals surface area contributed by atoms with Crippen molar-refractivity contribution in [3.8, 4) is 0 Å². The second-order valence-electron chi connectivity index (χ2n) is 3.82. The highest BCUT2D eigenvalue weighted by atomic mass is 16.4. The number of carbonyl (C=O) groups excluding carboxylic acids is 1. The Labute approximate surface area is 94.2 Å². The first kappa shape index (κ1) is 12.8. The highest BCUT2D eigenvalue weighted by Gasteiger charge is 2.19. The zero-order valence-corrected chi connectivity index (χ0v) is 9.34. The Hall–Kier alpha value is -1.23. The van der Waals surface area contributed by atoms with Crippen LogP contribution >= 0.6 is 0 Å². The lowest BCUT2D eigenvalue weighted by Crippen LogP contribution is -2.23. The second-order valence-corrected chi connectivity index (χ2v) is 3.82. The van der Waals surface area contributed by atoms with Crippen molar-refractivity contribution in [2.45, 2.75) is 26.1 Å². The van der Waals surface area contributed by atoms with Crippen LogP contribution in [0.25, 0.3) is 0 Å². The van der Waals surface area contributed by atoms with E-state index >= 15 is 0 Å². The fourth-order valence-electron chi connectivity index (χ4n) is 1.49. The van der Waals surface area contributed by atoms with Gasteiger partial charge in [0.25, 0.3) is 0 Å². The van der Waals surface area contributed by atoms with E-state index in [2.05, 4.69) is 0 Å². The first-order chi connectivity index (χ1) is 7.47. The molecule has 0 spiro atoms. The molecule has 0 aliphatic rings. The third kappa shape index (κ3) is 2.66. The zero-order valence-electron chi connectivity index (χ0n) is 9.34. The van der Waals surface area contributed by atoms with E-state index in [9.17, 15) is 15.0 Å². The van der Waals surface area contributed by atoms with Gasteiger partial charge in [-0.3, -0.25) is 4.79 Å². The Kier molecular flexibility index (Phi) is 4.18. The number of Topliss-reactive ketones (excluding diaryl/α,β-unsaturated/α-hetero) is 1. The topological polar surface area (TPSA) is 77.8 Å². The van der Waals surface area contributed by atoms with Gasteiger partial charge in [-0.1, -0.05) is 12.1 Å². The second kappa shape index (κ2) is 5.21. The Morgan fingerprint density at radius 3 is 2.50 bits per heavy atom. The molecule has 0 saturated heterocycles. The molecule has 1 aromatic carbocycles. The smallest absolute Gasteiger partial charge is 0.159 e. The van der Waals surface area contributed by atoms with Gasteiger partial charge in [0.05, 0.1) is 6.61 Å². The molecule has 1 rings (SSSR count). The van der Waals surface area contributed by atoms with Crippen LogP contribution in [0.2, 0.25) is 0 Å². The molecule has 0 radical (unpaired) electrons. The monoisotopic (exact) mass is 224 g/mol. The molecule has 0 saturated carbocycles. The van der Waals surface area contributed by atoms with Gasteiger partial charge >= 0.3 is 0 Å². The summed E-state index contributed by atoms with van der Waals surface area (Å²) in [5.74, 6) is -0.105. The van der Waals surface area contributed by atoms with Crippen molar-refractivity contribution in [2.75, 3.05) is 6.61 Å². The van der Waals surface area contributed by atoms with Gasteiger partial charge in [-0.15, -0.1) is 0 Å². The number of rotatable bonds is 4. The lowest BCUT2D eigenvalue weighted by molar-refractivity contribution is -0.0155. The summed E-state index contributed by atoms with van der Waals surface area (Å²) in [6.45, 7) is 2.68. The predicted octanol–water partition coefficient (Wildman–Crippen LogP) is 0.584. The minimum Gasteiger partial charge on any atom is -0.394 e. The summed E-state index contributed by atoms with van der Waals surface area (Å²) >= 11 is 0. The first-order valence-corrected chi connectivity index (χ1v) is 5.06. The highest BCUT2D eigenvalue weighted by Crippen LogP contribution is 2.22. The number of ketones is 1. The largest absolute Gasteiger partial charge is 0.394 e. The van der Waals surface area contributed by atoms with Gasteiger partial charge in [-0.05, 0) is 31.0 Å². The molecule has 0 amide bonds. The molecule has 16 heavy (non-hydrogen) atoms. The molecule has 3 N–H and O–H groups in total. The molecule has 2 atom stereocenters. The first-order valence-electron chi connectivity index (χ1n) is 5.06. The third-order valence-electron chi connectivity index (χ3n) is 2.56. The molecular formula is C12H16O4. The van der Waals surface area contributed by atoms with Crippen molar-refractivity contribution in [3.63, 3.8) is 0 Å². The van der Waals surface area contributed by atoms with E-state index in [1.54, 1.807) is 25.1 Å². The van der Waals surface area contributed by atoms with Crippen molar-refractivity contribution in [3.05, 3.63) is 34.9 Å². The van der Waals surface area contributed by atoms with Crippen LogP contribution in [-0.2, 0) is 0 Å². The van der Waals surface area contributed by atoms with Gasteiger partial charge in [0, 0.05) is 5.56 Å². The number of aliphatic hydroxyl groups excluding tert-OH is 3. The normalized spacial score (nSPS) is 14.6. The molecule has 4 nitrogen and oxygen atoms in total. The van der Waals surface area contributed by atoms with Crippen LogP contribution in [0.3, 0.4) is 0 Å². The van der Waals surface area contributed by atoms with Gasteiger partial charge < -0.3 is 15.3 Å². The van der Waals surface area contributed by atoms with E-state index in [-0.39, 0.29) is 5.78 Å². The molecular weight excluding hydrogens is 208 g/mol. The van der Waals surface area contributed by atoms with Gasteiger partial charge in [0.1, 0.15) is 12.2 Å².